The van der Waals surface area contributed by atoms with Gasteiger partial charge in [0.1, 0.15) is 5.84 Å². The van der Waals surface area contributed by atoms with E-state index >= 15 is 0 Å². The fraction of sp³-hybridized carbons (Fsp3) is 0.375. The van der Waals surface area contributed by atoms with E-state index in [0.29, 0.717) is 0 Å². The van der Waals surface area contributed by atoms with Crippen molar-refractivity contribution < 1.29 is 0 Å². The van der Waals surface area contributed by atoms with Gasteiger partial charge in [-0.25, -0.2) is 0 Å². The van der Waals surface area contributed by atoms with Crippen molar-refractivity contribution in [2.45, 2.75) is 32.6 Å². The Hall–Kier alpha value is -1.62. The number of benzene rings is 1. The maximum Gasteiger partial charge on any atom is 0.117 e. The molecule has 112 valence electrons. The van der Waals surface area contributed by atoms with Crippen LogP contribution in [0.2, 0.25) is 0 Å². The number of aromatic nitrogens is 1. The molecule has 4 nitrogen and oxygen atoms in total. The van der Waals surface area contributed by atoms with Crippen LogP contribution in [-0.4, -0.2) is 23.6 Å². The number of nitrogens with zero attached hydrogens (tertiary/aromatic N) is 2. The standard InChI is InChI=1S/C16H20N4.BrH/c1-12-14(13-7-4-5-8-15(13)19-12)11-18-20-16-9-3-2-6-10-17-16;/h4-5,7-8,11,19H,2-3,6,9-10H2,1H3,(H,17,20);1H. The fourth-order valence-electron chi connectivity index (χ4n) is 2.60. The lowest BCUT2D eigenvalue weighted by Gasteiger charge is -2.01. The summed E-state index contributed by atoms with van der Waals surface area (Å²) in [5.41, 5.74) is 6.53. The molecule has 0 spiro atoms. The number of amidine groups is 1. The van der Waals surface area contributed by atoms with Crippen molar-refractivity contribution in [2.75, 3.05) is 6.54 Å². The zero-order chi connectivity index (χ0) is 13.8. The molecule has 0 saturated carbocycles. The summed E-state index contributed by atoms with van der Waals surface area (Å²) < 4.78 is 0. The molecule has 0 saturated heterocycles. The van der Waals surface area contributed by atoms with Gasteiger partial charge in [0.05, 0.1) is 6.21 Å². The Morgan fingerprint density at radius 2 is 2.10 bits per heavy atom. The zero-order valence-corrected chi connectivity index (χ0v) is 13.9. The van der Waals surface area contributed by atoms with Gasteiger partial charge in [0.25, 0.3) is 0 Å². The van der Waals surface area contributed by atoms with Crippen molar-refractivity contribution in [3.8, 4) is 0 Å². The second-order valence-electron chi connectivity index (χ2n) is 5.22. The summed E-state index contributed by atoms with van der Waals surface area (Å²) in [4.78, 5) is 7.89. The van der Waals surface area contributed by atoms with Gasteiger partial charge in [-0.05, 0) is 25.8 Å². The molecule has 2 aromatic rings. The Kier molecular flexibility index (Phi) is 5.56. The highest BCUT2D eigenvalue weighted by Crippen LogP contribution is 2.19. The lowest BCUT2D eigenvalue weighted by atomic mass is 10.1. The van der Waals surface area contributed by atoms with E-state index < -0.39 is 0 Å². The van der Waals surface area contributed by atoms with Crippen LogP contribution in [0.3, 0.4) is 0 Å². The van der Waals surface area contributed by atoms with Crippen LogP contribution < -0.4 is 5.43 Å². The molecule has 1 aliphatic rings. The minimum absolute atomic E-state index is 0. The number of hydrazone groups is 1. The molecule has 0 unspecified atom stereocenters. The van der Waals surface area contributed by atoms with Gasteiger partial charge < -0.3 is 4.98 Å². The van der Waals surface area contributed by atoms with E-state index in [0.717, 1.165) is 35.6 Å². The Morgan fingerprint density at radius 1 is 1.24 bits per heavy atom. The summed E-state index contributed by atoms with van der Waals surface area (Å²) in [5, 5.41) is 5.57. The molecule has 1 aromatic heterocycles. The molecule has 2 heterocycles. The van der Waals surface area contributed by atoms with Gasteiger partial charge in [-0.3, -0.25) is 10.4 Å². The number of hydrogen-bond donors (Lipinski definition) is 2. The summed E-state index contributed by atoms with van der Waals surface area (Å²) in [6, 6.07) is 8.29. The number of nitrogens with one attached hydrogen (secondary N) is 2. The van der Waals surface area contributed by atoms with Crippen LogP contribution in [-0.2, 0) is 0 Å². The van der Waals surface area contributed by atoms with E-state index in [2.05, 4.69) is 45.6 Å². The maximum atomic E-state index is 4.51. The van der Waals surface area contributed by atoms with E-state index in [1.807, 2.05) is 12.3 Å². The van der Waals surface area contributed by atoms with Crippen LogP contribution in [0.15, 0.2) is 34.4 Å². The van der Waals surface area contributed by atoms with Crippen LogP contribution in [0.1, 0.15) is 36.9 Å². The molecule has 21 heavy (non-hydrogen) atoms. The second kappa shape index (κ2) is 7.41. The first-order valence-electron chi connectivity index (χ1n) is 7.24. The van der Waals surface area contributed by atoms with Gasteiger partial charge >= 0.3 is 0 Å². The monoisotopic (exact) mass is 348 g/mol. The Balaban J connectivity index is 0.00000161. The quantitative estimate of drug-likeness (QED) is 0.626. The third kappa shape index (κ3) is 3.73. The van der Waals surface area contributed by atoms with Gasteiger partial charge in [-0.15, -0.1) is 17.0 Å². The van der Waals surface area contributed by atoms with Crippen molar-refractivity contribution in [1.29, 1.82) is 0 Å². The van der Waals surface area contributed by atoms with Gasteiger partial charge in [-0.1, -0.05) is 24.6 Å². The summed E-state index contributed by atoms with van der Waals surface area (Å²) in [5.74, 6) is 1.01. The fourth-order valence-corrected chi connectivity index (χ4v) is 2.60. The van der Waals surface area contributed by atoms with Crippen LogP contribution in [0.25, 0.3) is 10.9 Å². The van der Waals surface area contributed by atoms with Crippen molar-refractivity contribution in [3.05, 3.63) is 35.5 Å². The number of aromatic amines is 1. The number of hydrogen-bond acceptors (Lipinski definition) is 3. The van der Waals surface area contributed by atoms with Crippen LogP contribution in [0, 0.1) is 6.92 Å². The molecule has 1 aliphatic heterocycles. The molecule has 0 amide bonds. The van der Waals surface area contributed by atoms with E-state index in [4.69, 9.17) is 0 Å². The Morgan fingerprint density at radius 3 is 3.00 bits per heavy atom. The molecule has 0 fully saturated rings. The second-order valence-corrected chi connectivity index (χ2v) is 5.22. The number of fused-ring (bicyclic) bond motifs is 1. The highest BCUT2D eigenvalue weighted by Gasteiger charge is 2.06. The number of aryl methyl sites for hydroxylation is 1. The molecule has 0 aliphatic carbocycles. The molecule has 1 aromatic carbocycles. The minimum atomic E-state index is 0. The third-order valence-corrected chi connectivity index (χ3v) is 3.71. The van der Waals surface area contributed by atoms with Gasteiger partial charge in [0, 0.05) is 35.1 Å². The number of H-pyrrole nitrogens is 1. The van der Waals surface area contributed by atoms with Crippen LogP contribution >= 0.6 is 17.0 Å². The molecule has 3 rings (SSSR count). The molecular weight excluding hydrogens is 328 g/mol. The third-order valence-electron chi connectivity index (χ3n) is 3.71. The first kappa shape index (κ1) is 15.8. The maximum absolute atomic E-state index is 4.51. The lowest BCUT2D eigenvalue weighted by Crippen LogP contribution is -2.17. The van der Waals surface area contributed by atoms with Crippen molar-refractivity contribution >= 4 is 39.9 Å². The smallest absolute Gasteiger partial charge is 0.117 e. The van der Waals surface area contributed by atoms with E-state index in [-0.39, 0.29) is 17.0 Å². The zero-order valence-electron chi connectivity index (χ0n) is 12.2. The Bertz CT molecular complexity index is 657. The number of aliphatic imine (C=N–C) groups is 1. The van der Waals surface area contributed by atoms with Crippen molar-refractivity contribution in [1.82, 2.24) is 10.4 Å². The predicted molar refractivity (Wildman–Crippen MR) is 94.9 cm³/mol. The minimum Gasteiger partial charge on any atom is -0.358 e. The highest BCUT2D eigenvalue weighted by molar-refractivity contribution is 8.93. The van der Waals surface area contributed by atoms with Gasteiger partial charge in [0.2, 0.25) is 0 Å². The van der Waals surface area contributed by atoms with Gasteiger partial charge in [-0.2, -0.15) is 5.10 Å². The SMILES string of the molecule is Br.Cc1[nH]c2ccccc2c1C=NNC1=NCCCCC1. The topological polar surface area (TPSA) is 52.5 Å². The molecule has 0 radical (unpaired) electrons. The first-order chi connectivity index (χ1) is 9.84. The highest BCUT2D eigenvalue weighted by atomic mass is 79.9. The summed E-state index contributed by atoms with van der Waals surface area (Å²) in [6.45, 7) is 2.99. The average Bonchev–Trinajstić information content (AvgIpc) is 2.65. The van der Waals surface area contributed by atoms with Crippen molar-refractivity contribution in [3.63, 3.8) is 0 Å². The Labute approximate surface area is 135 Å². The largest absolute Gasteiger partial charge is 0.358 e. The predicted octanol–water partition coefficient (Wildman–Crippen LogP) is 3.95. The van der Waals surface area contributed by atoms with E-state index in [1.54, 1.807) is 0 Å². The van der Waals surface area contributed by atoms with Crippen LogP contribution in [0.4, 0.5) is 0 Å². The number of halogens is 1. The van der Waals surface area contributed by atoms with Crippen LogP contribution in [0.5, 0.6) is 0 Å². The lowest BCUT2D eigenvalue weighted by molar-refractivity contribution is 0.729. The van der Waals surface area contributed by atoms with Gasteiger partial charge in [0.15, 0.2) is 0 Å². The first-order valence-corrected chi connectivity index (χ1v) is 7.24. The molecule has 0 atom stereocenters. The average molecular weight is 349 g/mol. The number of rotatable bonds is 2. The molecule has 2 N–H and O–H groups in total. The summed E-state index contributed by atoms with van der Waals surface area (Å²) >= 11 is 0. The van der Waals surface area contributed by atoms with Crippen molar-refractivity contribution in [2.24, 2.45) is 10.1 Å². The van der Waals surface area contributed by atoms with E-state index in [9.17, 15) is 0 Å². The molecular formula is C16H21BrN4. The number of para-hydroxylation sites is 1. The molecule has 0 bridgehead atoms. The van der Waals surface area contributed by atoms with E-state index in [1.165, 1.54) is 24.6 Å². The normalized spacial score (nSPS) is 15.6. The summed E-state index contributed by atoms with van der Waals surface area (Å²) in [6.07, 6.45) is 6.55. The molecule has 5 heteroatoms. The summed E-state index contributed by atoms with van der Waals surface area (Å²) in [7, 11) is 0.